The molecular weight excluding hydrogens is 374 g/mol. The topological polar surface area (TPSA) is 74.6 Å². The summed E-state index contributed by atoms with van der Waals surface area (Å²) in [6.07, 6.45) is 11.8. The average molecular weight is 406 g/mol. The molecule has 0 saturated carbocycles. The summed E-state index contributed by atoms with van der Waals surface area (Å²) in [5.74, 6) is -1.34. The first-order chi connectivity index (χ1) is 9.54. The molecule has 0 heterocycles. The van der Waals surface area contributed by atoms with Crippen LogP contribution >= 0.6 is 0 Å². The SMILES string of the molecule is CCCCCCCC(=O)O.CCCCCCCC(=O)O.[Ni].[Ni]. The number of hydrogen-bond donors (Lipinski definition) is 2. The van der Waals surface area contributed by atoms with E-state index in [-0.39, 0.29) is 33.0 Å². The summed E-state index contributed by atoms with van der Waals surface area (Å²) in [7, 11) is 0. The predicted molar refractivity (Wildman–Crippen MR) is 82.0 cm³/mol. The Morgan fingerprint density at radius 1 is 0.591 bits per heavy atom. The molecule has 0 radical (unpaired) electrons. The number of hydrogen-bond acceptors (Lipinski definition) is 2. The van der Waals surface area contributed by atoms with Crippen LogP contribution in [0, 0.1) is 0 Å². The molecule has 0 bridgehead atoms. The molecule has 4 nitrogen and oxygen atoms in total. The maximum absolute atomic E-state index is 10.0. The molecule has 0 aliphatic rings. The van der Waals surface area contributed by atoms with E-state index in [0.29, 0.717) is 12.8 Å². The largest absolute Gasteiger partial charge is 0.481 e. The van der Waals surface area contributed by atoms with Gasteiger partial charge in [0.2, 0.25) is 0 Å². The molecule has 0 aromatic heterocycles. The van der Waals surface area contributed by atoms with Gasteiger partial charge in [0.1, 0.15) is 0 Å². The van der Waals surface area contributed by atoms with Gasteiger partial charge >= 0.3 is 11.9 Å². The molecule has 0 atom stereocenters. The van der Waals surface area contributed by atoms with Crippen molar-refractivity contribution in [2.45, 2.75) is 90.9 Å². The van der Waals surface area contributed by atoms with Crippen molar-refractivity contribution in [2.75, 3.05) is 0 Å². The Labute approximate surface area is 155 Å². The minimum absolute atomic E-state index is 0. The number of rotatable bonds is 12. The van der Waals surface area contributed by atoms with Crippen LogP contribution in [0.25, 0.3) is 0 Å². The van der Waals surface area contributed by atoms with E-state index in [9.17, 15) is 9.59 Å². The molecule has 0 rings (SSSR count). The zero-order chi connectivity index (χ0) is 15.6. The van der Waals surface area contributed by atoms with Crippen LogP contribution < -0.4 is 0 Å². The zero-order valence-electron chi connectivity index (χ0n) is 13.8. The average Bonchev–Trinajstić information content (AvgIpc) is 2.38. The summed E-state index contributed by atoms with van der Waals surface area (Å²) in [5, 5.41) is 16.5. The Bertz CT molecular complexity index is 212. The Morgan fingerprint density at radius 2 is 0.864 bits per heavy atom. The quantitative estimate of drug-likeness (QED) is 0.359. The first-order valence-corrected chi connectivity index (χ1v) is 7.98. The molecule has 0 aliphatic carbocycles. The third kappa shape index (κ3) is 36.8. The van der Waals surface area contributed by atoms with Crippen LogP contribution in [0.2, 0.25) is 0 Å². The summed E-state index contributed by atoms with van der Waals surface area (Å²) in [6, 6.07) is 0. The predicted octanol–water partition coefficient (Wildman–Crippen LogP) is 4.86. The number of carbonyl (C=O) groups is 2. The molecule has 0 unspecified atom stereocenters. The molecular formula is C16H32Ni2O4. The van der Waals surface area contributed by atoms with Crippen LogP contribution in [-0.2, 0) is 42.6 Å². The fourth-order valence-corrected chi connectivity index (χ4v) is 1.76. The van der Waals surface area contributed by atoms with Crippen molar-refractivity contribution in [1.82, 2.24) is 0 Å². The molecule has 0 saturated heterocycles. The Kier molecular flexibility index (Phi) is 35.1. The summed E-state index contributed by atoms with van der Waals surface area (Å²) < 4.78 is 0. The minimum Gasteiger partial charge on any atom is -0.481 e. The molecule has 140 valence electrons. The summed E-state index contributed by atoms with van der Waals surface area (Å²) in [4.78, 5) is 20.1. The molecule has 2 N–H and O–H groups in total. The number of unbranched alkanes of at least 4 members (excludes halogenated alkanes) is 8. The maximum Gasteiger partial charge on any atom is 0.303 e. The number of aliphatic carboxylic acids is 2. The maximum atomic E-state index is 10.0. The van der Waals surface area contributed by atoms with Crippen molar-refractivity contribution in [3.05, 3.63) is 0 Å². The fraction of sp³-hybridized carbons (Fsp3) is 0.875. The third-order valence-electron chi connectivity index (χ3n) is 2.99. The molecule has 22 heavy (non-hydrogen) atoms. The van der Waals surface area contributed by atoms with Crippen LogP contribution in [0.1, 0.15) is 90.9 Å². The van der Waals surface area contributed by atoms with Crippen LogP contribution in [0.3, 0.4) is 0 Å². The van der Waals surface area contributed by atoms with Gasteiger partial charge in [-0.25, -0.2) is 0 Å². The molecule has 0 aromatic carbocycles. The second kappa shape index (κ2) is 25.9. The Hall–Kier alpha value is -0.0730. The van der Waals surface area contributed by atoms with E-state index in [1.54, 1.807) is 0 Å². The first-order valence-electron chi connectivity index (χ1n) is 7.98. The molecule has 6 heteroatoms. The van der Waals surface area contributed by atoms with Crippen molar-refractivity contribution in [3.63, 3.8) is 0 Å². The van der Waals surface area contributed by atoms with Gasteiger partial charge in [0.05, 0.1) is 0 Å². The molecule has 0 spiro atoms. The monoisotopic (exact) mass is 404 g/mol. The molecule has 0 aromatic rings. The van der Waals surface area contributed by atoms with Gasteiger partial charge in [0, 0.05) is 45.8 Å². The van der Waals surface area contributed by atoms with Crippen molar-refractivity contribution in [2.24, 2.45) is 0 Å². The van der Waals surface area contributed by atoms with E-state index in [4.69, 9.17) is 10.2 Å². The molecule has 0 aliphatic heterocycles. The molecule has 0 amide bonds. The Morgan fingerprint density at radius 3 is 1.09 bits per heavy atom. The fourth-order valence-electron chi connectivity index (χ4n) is 1.76. The van der Waals surface area contributed by atoms with E-state index < -0.39 is 11.9 Å². The van der Waals surface area contributed by atoms with Gasteiger partial charge in [-0.15, -0.1) is 0 Å². The smallest absolute Gasteiger partial charge is 0.303 e. The van der Waals surface area contributed by atoms with E-state index in [1.165, 1.54) is 38.5 Å². The number of carboxylic acid groups (broad SMARTS) is 2. The summed E-state index contributed by atoms with van der Waals surface area (Å²) >= 11 is 0. The van der Waals surface area contributed by atoms with E-state index in [1.807, 2.05) is 0 Å². The van der Waals surface area contributed by atoms with Crippen LogP contribution in [0.5, 0.6) is 0 Å². The number of carboxylic acids is 2. The van der Waals surface area contributed by atoms with E-state index in [2.05, 4.69) is 13.8 Å². The van der Waals surface area contributed by atoms with Gasteiger partial charge in [-0.1, -0.05) is 65.2 Å². The van der Waals surface area contributed by atoms with E-state index >= 15 is 0 Å². The van der Waals surface area contributed by atoms with Gasteiger partial charge < -0.3 is 10.2 Å². The summed E-state index contributed by atoms with van der Waals surface area (Å²) in [6.45, 7) is 4.30. The van der Waals surface area contributed by atoms with Crippen LogP contribution in [0.15, 0.2) is 0 Å². The second-order valence-corrected chi connectivity index (χ2v) is 5.12. The van der Waals surface area contributed by atoms with Crippen LogP contribution in [-0.4, -0.2) is 22.2 Å². The minimum atomic E-state index is -0.670. The van der Waals surface area contributed by atoms with Crippen molar-refractivity contribution in [3.8, 4) is 0 Å². The van der Waals surface area contributed by atoms with Crippen molar-refractivity contribution >= 4 is 11.9 Å². The van der Waals surface area contributed by atoms with Crippen molar-refractivity contribution < 1.29 is 52.8 Å². The normalized spacial score (nSPS) is 8.82. The third-order valence-corrected chi connectivity index (χ3v) is 2.99. The van der Waals surface area contributed by atoms with E-state index in [0.717, 1.165) is 25.7 Å². The van der Waals surface area contributed by atoms with Crippen molar-refractivity contribution in [1.29, 1.82) is 0 Å². The van der Waals surface area contributed by atoms with Gasteiger partial charge in [-0.05, 0) is 12.8 Å². The Balaban J connectivity index is -0.000000135. The van der Waals surface area contributed by atoms with Gasteiger partial charge in [0.25, 0.3) is 0 Å². The standard InChI is InChI=1S/2C8H16O2.2Ni/c2*1-2-3-4-5-6-7-8(9)10;;/h2*2-7H2,1H3,(H,9,10);;. The zero-order valence-corrected chi connectivity index (χ0v) is 15.8. The van der Waals surface area contributed by atoms with Gasteiger partial charge in [-0.2, -0.15) is 0 Å². The van der Waals surface area contributed by atoms with Gasteiger partial charge in [-0.3, -0.25) is 9.59 Å². The van der Waals surface area contributed by atoms with Gasteiger partial charge in [0.15, 0.2) is 0 Å². The molecule has 0 fully saturated rings. The second-order valence-electron chi connectivity index (χ2n) is 5.12. The van der Waals surface area contributed by atoms with Crippen LogP contribution in [0.4, 0.5) is 0 Å². The summed E-state index contributed by atoms with van der Waals surface area (Å²) in [5.41, 5.74) is 0. The first kappa shape index (κ1) is 29.9.